The van der Waals surface area contributed by atoms with E-state index in [1.54, 1.807) is 6.33 Å². The zero-order chi connectivity index (χ0) is 18.4. The summed E-state index contributed by atoms with van der Waals surface area (Å²) in [5, 5.41) is 2.98. The van der Waals surface area contributed by atoms with Gasteiger partial charge in [-0.2, -0.15) is 0 Å². The maximum atomic E-state index is 12.7. The van der Waals surface area contributed by atoms with Crippen molar-refractivity contribution in [1.29, 1.82) is 0 Å². The van der Waals surface area contributed by atoms with Gasteiger partial charge in [-0.05, 0) is 19.3 Å². The molecule has 2 aliphatic heterocycles. The molecule has 0 aliphatic carbocycles. The van der Waals surface area contributed by atoms with Crippen LogP contribution in [0.5, 0.6) is 0 Å². The Bertz CT molecular complexity index is 622. The Hall–Kier alpha value is -1.89. The normalized spacial score (nSPS) is 19.9. The highest BCUT2D eigenvalue weighted by Crippen LogP contribution is 2.24. The van der Waals surface area contributed by atoms with Gasteiger partial charge in [0.15, 0.2) is 0 Å². The molecule has 3 heterocycles. The summed E-state index contributed by atoms with van der Waals surface area (Å²) in [6, 6.07) is 0. The molecular weight excluding hydrogens is 332 g/mol. The van der Waals surface area contributed by atoms with Crippen molar-refractivity contribution in [2.75, 3.05) is 32.8 Å². The number of imidazole rings is 1. The van der Waals surface area contributed by atoms with Crippen molar-refractivity contribution in [3.8, 4) is 0 Å². The second kappa shape index (κ2) is 9.16. The van der Waals surface area contributed by atoms with Crippen LogP contribution in [0.4, 0.5) is 0 Å². The lowest BCUT2D eigenvalue weighted by molar-refractivity contribution is -0.140. The molecule has 0 radical (unpaired) electrons. The number of amides is 2. The highest BCUT2D eigenvalue weighted by Gasteiger charge is 2.31. The van der Waals surface area contributed by atoms with E-state index in [0.717, 1.165) is 31.4 Å². The molecular formula is C19H30N4O3. The molecule has 7 heteroatoms. The number of fused-ring (bicyclic) bond motifs is 1. The van der Waals surface area contributed by atoms with Crippen LogP contribution in [0.25, 0.3) is 0 Å². The van der Waals surface area contributed by atoms with Crippen molar-refractivity contribution in [1.82, 2.24) is 19.8 Å². The van der Waals surface area contributed by atoms with E-state index in [1.165, 1.54) is 12.8 Å². The van der Waals surface area contributed by atoms with Crippen molar-refractivity contribution in [3.05, 3.63) is 17.7 Å². The van der Waals surface area contributed by atoms with Crippen LogP contribution < -0.4 is 5.32 Å². The lowest BCUT2D eigenvalue weighted by Gasteiger charge is -2.32. The Morgan fingerprint density at radius 3 is 2.85 bits per heavy atom. The zero-order valence-electron chi connectivity index (χ0n) is 15.7. The fraction of sp³-hybridized carbons (Fsp3) is 0.737. The van der Waals surface area contributed by atoms with Gasteiger partial charge in [-0.25, -0.2) is 4.98 Å². The summed E-state index contributed by atoms with van der Waals surface area (Å²) >= 11 is 0. The van der Waals surface area contributed by atoms with Crippen LogP contribution in [0.15, 0.2) is 6.33 Å². The molecule has 26 heavy (non-hydrogen) atoms. The van der Waals surface area contributed by atoms with E-state index in [9.17, 15) is 9.59 Å². The zero-order valence-corrected chi connectivity index (χ0v) is 15.7. The highest BCUT2D eigenvalue weighted by molar-refractivity contribution is 5.93. The molecule has 1 saturated heterocycles. The number of unbranched alkanes of at least 4 members (excludes halogenated alkanes) is 3. The Kier molecular flexibility index (Phi) is 6.66. The summed E-state index contributed by atoms with van der Waals surface area (Å²) in [5.41, 5.74) is 1.49. The molecule has 2 amide bonds. The molecule has 1 fully saturated rings. The summed E-state index contributed by atoms with van der Waals surface area (Å²) in [6.07, 6.45) is 7.74. The Morgan fingerprint density at radius 1 is 1.27 bits per heavy atom. The number of nitrogens with one attached hydrogen (secondary N) is 1. The summed E-state index contributed by atoms with van der Waals surface area (Å²) in [7, 11) is 0. The second-order valence-electron chi connectivity index (χ2n) is 7.18. The average molecular weight is 362 g/mol. The Labute approximate surface area is 155 Å². The van der Waals surface area contributed by atoms with Crippen LogP contribution in [0.2, 0.25) is 0 Å². The minimum Gasteiger partial charge on any atom is -0.378 e. The smallest absolute Gasteiger partial charge is 0.271 e. The van der Waals surface area contributed by atoms with E-state index in [1.807, 2.05) is 9.47 Å². The van der Waals surface area contributed by atoms with Crippen LogP contribution in [0, 0.1) is 5.92 Å². The third kappa shape index (κ3) is 4.44. The summed E-state index contributed by atoms with van der Waals surface area (Å²) < 4.78 is 7.31. The predicted octanol–water partition coefficient (Wildman–Crippen LogP) is 1.61. The maximum Gasteiger partial charge on any atom is 0.271 e. The Balaban J connectivity index is 1.54. The van der Waals surface area contributed by atoms with E-state index in [-0.39, 0.29) is 17.7 Å². The number of carbonyl (C=O) groups is 2. The van der Waals surface area contributed by atoms with Gasteiger partial charge >= 0.3 is 0 Å². The van der Waals surface area contributed by atoms with Gasteiger partial charge < -0.3 is 19.5 Å². The van der Waals surface area contributed by atoms with Crippen LogP contribution >= 0.6 is 0 Å². The number of nitrogens with zero attached hydrogens (tertiary/aromatic N) is 3. The largest absolute Gasteiger partial charge is 0.378 e. The fourth-order valence-electron chi connectivity index (χ4n) is 3.74. The van der Waals surface area contributed by atoms with E-state index >= 15 is 0 Å². The molecule has 1 aromatic rings. The predicted molar refractivity (Wildman–Crippen MR) is 97.9 cm³/mol. The quantitative estimate of drug-likeness (QED) is 0.748. The van der Waals surface area contributed by atoms with Crippen LogP contribution in [-0.4, -0.2) is 59.1 Å². The highest BCUT2D eigenvalue weighted by atomic mass is 16.5. The van der Waals surface area contributed by atoms with Gasteiger partial charge in [0, 0.05) is 26.2 Å². The lowest BCUT2D eigenvalue weighted by atomic mass is 9.95. The van der Waals surface area contributed by atoms with Crippen molar-refractivity contribution in [2.45, 2.75) is 52.0 Å². The third-order valence-electron chi connectivity index (χ3n) is 5.30. The first-order chi connectivity index (χ1) is 12.7. The third-order valence-corrected chi connectivity index (χ3v) is 5.30. The number of ether oxygens (including phenoxy) is 1. The van der Waals surface area contributed by atoms with Gasteiger partial charge in [0.25, 0.3) is 5.91 Å². The van der Waals surface area contributed by atoms with Gasteiger partial charge in [-0.15, -0.1) is 0 Å². The van der Waals surface area contributed by atoms with Gasteiger partial charge in [0.05, 0.1) is 31.2 Å². The number of rotatable bonds is 7. The van der Waals surface area contributed by atoms with Gasteiger partial charge in [0.2, 0.25) is 5.91 Å². The van der Waals surface area contributed by atoms with Crippen LogP contribution in [0.1, 0.15) is 55.2 Å². The maximum absolute atomic E-state index is 12.7. The van der Waals surface area contributed by atoms with Gasteiger partial charge in [-0.1, -0.05) is 26.2 Å². The van der Waals surface area contributed by atoms with E-state index in [2.05, 4.69) is 17.2 Å². The molecule has 0 bridgehead atoms. The minimum absolute atomic E-state index is 0.0280. The first-order valence-corrected chi connectivity index (χ1v) is 9.89. The molecule has 7 nitrogen and oxygen atoms in total. The summed E-state index contributed by atoms with van der Waals surface area (Å²) in [6.45, 7) is 6.09. The molecule has 0 aromatic carbocycles. The SMILES string of the molecule is CCCCCCNC(=O)c1ncn2c1CCC(C(=O)N1CCOCC1)C2. The van der Waals surface area contributed by atoms with E-state index in [0.29, 0.717) is 45.1 Å². The monoisotopic (exact) mass is 362 g/mol. The van der Waals surface area contributed by atoms with Crippen molar-refractivity contribution >= 4 is 11.8 Å². The standard InChI is InChI=1S/C19H30N4O3/c1-2-3-4-5-8-20-18(24)17-16-7-6-15(13-23(16)14-21-17)19(25)22-9-11-26-12-10-22/h14-15H,2-13H2,1H3,(H,20,24). The average Bonchev–Trinajstić information content (AvgIpc) is 3.11. The Morgan fingerprint density at radius 2 is 2.08 bits per heavy atom. The minimum atomic E-state index is -0.0896. The van der Waals surface area contributed by atoms with E-state index in [4.69, 9.17) is 4.74 Å². The number of morpholine rings is 1. The lowest BCUT2D eigenvalue weighted by Crippen LogP contribution is -2.45. The van der Waals surface area contributed by atoms with Gasteiger partial charge in [0.1, 0.15) is 5.69 Å². The molecule has 0 spiro atoms. The molecule has 1 aromatic heterocycles. The first-order valence-electron chi connectivity index (χ1n) is 9.89. The summed E-state index contributed by atoms with van der Waals surface area (Å²) in [4.78, 5) is 31.3. The molecule has 1 unspecified atom stereocenters. The topological polar surface area (TPSA) is 76.5 Å². The molecule has 1 atom stereocenters. The van der Waals surface area contributed by atoms with E-state index < -0.39 is 0 Å². The molecule has 2 aliphatic rings. The van der Waals surface area contributed by atoms with Crippen molar-refractivity contribution in [2.24, 2.45) is 5.92 Å². The number of aromatic nitrogens is 2. The molecule has 1 N–H and O–H groups in total. The molecule has 3 rings (SSSR count). The molecule has 144 valence electrons. The number of carbonyl (C=O) groups excluding carboxylic acids is 2. The van der Waals surface area contributed by atoms with Crippen molar-refractivity contribution < 1.29 is 14.3 Å². The fourth-order valence-corrected chi connectivity index (χ4v) is 3.74. The summed E-state index contributed by atoms with van der Waals surface area (Å²) in [5.74, 6) is 0.0857. The van der Waals surface area contributed by atoms with Crippen LogP contribution in [0.3, 0.4) is 0 Å². The van der Waals surface area contributed by atoms with Crippen molar-refractivity contribution in [3.63, 3.8) is 0 Å². The first kappa shape index (κ1) is 18.9. The number of hydrogen-bond acceptors (Lipinski definition) is 4. The number of hydrogen-bond donors (Lipinski definition) is 1. The van der Waals surface area contributed by atoms with Crippen LogP contribution in [-0.2, 0) is 22.5 Å². The molecule has 0 saturated carbocycles. The second-order valence-corrected chi connectivity index (χ2v) is 7.18. The van der Waals surface area contributed by atoms with Gasteiger partial charge in [-0.3, -0.25) is 9.59 Å².